The van der Waals surface area contributed by atoms with Gasteiger partial charge in [0.1, 0.15) is 0 Å². The molecule has 1 aliphatic heterocycles. The first-order valence-electron chi connectivity index (χ1n) is 10.2. The normalized spacial score (nSPS) is 23.8. The molecule has 8 heteroatoms. The third-order valence-electron chi connectivity index (χ3n) is 5.89. The molecule has 1 aliphatic carbocycles. The third kappa shape index (κ3) is 4.55. The highest BCUT2D eigenvalue weighted by atomic mass is 32.2. The van der Waals surface area contributed by atoms with Crippen LogP contribution in [0.4, 0.5) is 0 Å². The molecule has 2 fully saturated rings. The molecule has 2 aliphatic rings. The zero-order valence-electron chi connectivity index (χ0n) is 16.4. The van der Waals surface area contributed by atoms with Crippen LogP contribution < -0.4 is 4.72 Å². The van der Waals surface area contributed by atoms with E-state index in [0.29, 0.717) is 23.7 Å². The molecular weight excluding hydrogens is 390 g/mol. The summed E-state index contributed by atoms with van der Waals surface area (Å²) in [6.07, 6.45) is 5.43. The summed E-state index contributed by atoms with van der Waals surface area (Å²) in [6.45, 7) is 2.71. The summed E-state index contributed by atoms with van der Waals surface area (Å²) in [5, 5.41) is 0. The average Bonchev–Trinajstić information content (AvgIpc) is 3.29. The quantitative estimate of drug-likeness (QED) is 0.807. The molecule has 2 atom stereocenters. The monoisotopic (exact) mass is 417 g/mol. The fourth-order valence-electron chi connectivity index (χ4n) is 4.37. The van der Waals surface area contributed by atoms with Gasteiger partial charge in [-0.2, -0.15) is 0 Å². The van der Waals surface area contributed by atoms with Crippen molar-refractivity contribution in [2.24, 2.45) is 0 Å². The maximum absolute atomic E-state index is 12.8. The summed E-state index contributed by atoms with van der Waals surface area (Å²) in [5.41, 5.74) is 0. The van der Waals surface area contributed by atoms with Crippen LogP contribution in [-0.4, -0.2) is 62.4 Å². The van der Waals surface area contributed by atoms with E-state index in [4.69, 9.17) is 4.42 Å². The van der Waals surface area contributed by atoms with Gasteiger partial charge in [0.25, 0.3) is 5.91 Å². The first-order chi connectivity index (χ1) is 14.0. The molecule has 7 nitrogen and oxygen atoms in total. The number of hydrogen-bond acceptors (Lipinski definition) is 5. The first-order valence-corrected chi connectivity index (χ1v) is 11.7. The molecule has 156 valence electrons. The number of nitrogens with one attached hydrogen (secondary N) is 1. The van der Waals surface area contributed by atoms with Gasteiger partial charge in [0.05, 0.1) is 11.2 Å². The Hall–Kier alpha value is -2.16. The maximum Gasteiger partial charge on any atom is 0.289 e. The van der Waals surface area contributed by atoms with Crippen molar-refractivity contribution in [1.82, 2.24) is 14.5 Å². The number of carbonyl (C=O) groups excluding carboxylic acids is 1. The van der Waals surface area contributed by atoms with Crippen LogP contribution in [0, 0.1) is 0 Å². The van der Waals surface area contributed by atoms with E-state index in [1.165, 1.54) is 6.26 Å². The Morgan fingerprint density at radius 1 is 0.966 bits per heavy atom. The Labute approximate surface area is 171 Å². The maximum atomic E-state index is 12.8. The minimum absolute atomic E-state index is 0.0837. The zero-order valence-corrected chi connectivity index (χ0v) is 17.2. The minimum Gasteiger partial charge on any atom is -0.459 e. The van der Waals surface area contributed by atoms with E-state index in [-0.39, 0.29) is 18.0 Å². The number of benzene rings is 1. The van der Waals surface area contributed by atoms with Crippen molar-refractivity contribution in [2.45, 2.75) is 42.7 Å². The highest BCUT2D eigenvalue weighted by Crippen LogP contribution is 2.26. The lowest BCUT2D eigenvalue weighted by Crippen LogP contribution is -2.58. The summed E-state index contributed by atoms with van der Waals surface area (Å²) < 4.78 is 33.8. The number of amides is 1. The van der Waals surface area contributed by atoms with E-state index < -0.39 is 10.0 Å². The lowest BCUT2D eigenvalue weighted by molar-refractivity contribution is 0.0455. The topological polar surface area (TPSA) is 82.9 Å². The van der Waals surface area contributed by atoms with Crippen LogP contribution in [0.2, 0.25) is 0 Å². The number of sulfonamides is 1. The average molecular weight is 418 g/mol. The van der Waals surface area contributed by atoms with E-state index in [0.717, 1.165) is 38.8 Å². The Bertz CT molecular complexity index is 907. The third-order valence-corrected chi connectivity index (χ3v) is 7.40. The molecule has 1 saturated heterocycles. The van der Waals surface area contributed by atoms with Crippen molar-refractivity contribution in [3.8, 4) is 0 Å². The van der Waals surface area contributed by atoms with E-state index in [1.54, 1.807) is 41.3 Å². The molecule has 1 N–H and O–H groups in total. The molecule has 2 heterocycles. The van der Waals surface area contributed by atoms with Crippen LogP contribution in [-0.2, 0) is 10.0 Å². The van der Waals surface area contributed by atoms with E-state index >= 15 is 0 Å². The second kappa shape index (κ2) is 8.69. The molecule has 29 heavy (non-hydrogen) atoms. The van der Waals surface area contributed by atoms with Gasteiger partial charge in [-0.05, 0) is 37.1 Å². The van der Waals surface area contributed by atoms with Gasteiger partial charge in [0.2, 0.25) is 10.0 Å². The Morgan fingerprint density at radius 2 is 1.69 bits per heavy atom. The van der Waals surface area contributed by atoms with Gasteiger partial charge in [-0.3, -0.25) is 9.69 Å². The summed E-state index contributed by atoms with van der Waals surface area (Å²) >= 11 is 0. The predicted octanol–water partition coefficient (Wildman–Crippen LogP) is 2.33. The van der Waals surface area contributed by atoms with Crippen LogP contribution in [0.25, 0.3) is 0 Å². The number of piperazine rings is 1. The van der Waals surface area contributed by atoms with Gasteiger partial charge < -0.3 is 9.32 Å². The number of rotatable bonds is 5. The largest absolute Gasteiger partial charge is 0.459 e. The van der Waals surface area contributed by atoms with Crippen molar-refractivity contribution >= 4 is 15.9 Å². The summed E-state index contributed by atoms with van der Waals surface area (Å²) in [7, 11) is -3.54. The number of furan rings is 1. The van der Waals surface area contributed by atoms with Crippen molar-refractivity contribution in [2.75, 3.05) is 26.2 Å². The lowest BCUT2D eigenvalue weighted by atomic mass is 9.89. The molecule has 0 unspecified atom stereocenters. The molecular formula is C21H27N3O4S. The first kappa shape index (κ1) is 20.1. The van der Waals surface area contributed by atoms with Crippen LogP contribution in [0.3, 0.4) is 0 Å². The fraction of sp³-hybridized carbons (Fsp3) is 0.476. The molecule has 1 aromatic carbocycles. The second-order valence-electron chi connectivity index (χ2n) is 7.70. The standard InChI is InChI=1S/C21H27N3O4S/c25-21(20-11-6-16-28-20)24-14-12-23(13-15-24)19-10-5-4-9-18(19)22-29(26,27)17-7-2-1-3-8-17/h1-3,6-8,11,16,18-19,22H,4-5,9-10,12-15H2/t18-,19-/m1/s1. The van der Waals surface area contributed by atoms with Gasteiger partial charge in [-0.15, -0.1) is 0 Å². The summed E-state index contributed by atoms with van der Waals surface area (Å²) in [6, 6.07) is 12.0. The SMILES string of the molecule is O=C(c1ccco1)N1CCN([C@@H]2CCCC[C@H]2NS(=O)(=O)c2ccccc2)CC1. The molecule has 1 aromatic heterocycles. The Kier molecular flexibility index (Phi) is 6.03. The van der Waals surface area contributed by atoms with Gasteiger partial charge in [-0.1, -0.05) is 31.0 Å². The van der Waals surface area contributed by atoms with Crippen LogP contribution in [0.1, 0.15) is 36.2 Å². The fourth-order valence-corrected chi connectivity index (χ4v) is 5.69. The summed E-state index contributed by atoms with van der Waals surface area (Å²) in [4.78, 5) is 16.9. The lowest BCUT2D eigenvalue weighted by Gasteiger charge is -2.44. The second-order valence-corrected chi connectivity index (χ2v) is 9.41. The van der Waals surface area contributed by atoms with Crippen molar-refractivity contribution < 1.29 is 17.6 Å². The highest BCUT2D eigenvalue weighted by molar-refractivity contribution is 7.89. The van der Waals surface area contributed by atoms with Gasteiger partial charge in [0.15, 0.2) is 5.76 Å². The molecule has 0 radical (unpaired) electrons. The molecule has 0 bridgehead atoms. The summed E-state index contributed by atoms with van der Waals surface area (Å²) in [5.74, 6) is 0.282. The highest BCUT2D eigenvalue weighted by Gasteiger charge is 2.35. The van der Waals surface area contributed by atoms with E-state index in [9.17, 15) is 13.2 Å². The number of hydrogen-bond donors (Lipinski definition) is 1. The van der Waals surface area contributed by atoms with E-state index in [1.807, 2.05) is 6.07 Å². The minimum atomic E-state index is -3.54. The van der Waals surface area contributed by atoms with Crippen LogP contribution >= 0.6 is 0 Å². The number of carbonyl (C=O) groups is 1. The smallest absolute Gasteiger partial charge is 0.289 e. The Balaban J connectivity index is 1.40. The number of nitrogens with zero attached hydrogens (tertiary/aromatic N) is 2. The van der Waals surface area contributed by atoms with Crippen LogP contribution in [0.15, 0.2) is 58.0 Å². The predicted molar refractivity (Wildman–Crippen MR) is 109 cm³/mol. The van der Waals surface area contributed by atoms with Gasteiger partial charge in [0, 0.05) is 38.3 Å². The van der Waals surface area contributed by atoms with Gasteiger partial charge >= 0.3 is 0 Å². The molecule has 4 rings (SSSR count). The molecule has 1 amide bonds. The molecule has 0 spiro atoms. The molecule has 2 aromatic rings. The zero-order chi connectivity index (χ0) is 20.3. The van der Waals surface area contributed by atoms with E-state index in [2.05, 4.69) is 9.62 Å². The molecule has 1 saturated carbocycles. The van der Waals surface area contributed by atoms with Crippen molar-refractivity contribution in [3.63, 3.8) is 0 Å². The van der Waals surface area contributed by atoms with Crippen LogP contribution in [0.5, 0.6) is 0 Å². The Morgan fingerprint density at radius 3 is 2.38 bits per heavy atom. The van der Waals surface area contributed by atoms with Crippen molar-refractivity contribution in [1.29, 1.82) is 0 Å². The van der Waals surface area contributed by atoms with Gasteiger partial charge in [-0.25, -0.2) is 13.1 Å². The van der Waals surface area contributed by atoms with Crippen molar-refractivity contribution in [3.05, 3.63) is 54.5 Å².